The van der Waals surface area contributed by atoms with Crippen molar-refractivity contribution in [2.24, 2.45) is 5.92 Å². The number of carboxylic acids is 1. The van der Waals surface area contributed by atoms with Crippen LogP contribution in [-0.2, 0) is 0 Å². The van der Waals surface area contributed by atoms with Gasteiger partial charge in [-0.05, 0) is 30.9 Å². The molecule has 18 heavy (non-hydrogen) atoms. The van der Waals surface area contributed by atoms with Crippen LogP contribution in [0.1, 0.15) is 47.7 Å². The van der Waals surface area contributed by atoms with E-state index < -0.39 is 5.97 Å². The normalized spacial score (nSPS) is 10.4. The summed E-state index contributed by atoms with van der Waals surface area (Å²) in [4.78, 5) is 26.2. The van der Waals surface area contributed by atoms with E-state index in [9.17, 15) is 9.59 Å². The third-order valence-corrected chi connectivity index (χ3v) is 2.44. The lowest BCUT2D eigenvalue weighted by atomic mass is 10.1. The quantitative estimate of drug-likeness (QED) is 0.756. The monoisotopic (exact) mass is 250 g/mol. The molecule has 5 heteroatoms. The molecule has 1 aromatic rings. The lowest BCUT2D eigenvalue weighted by molar-refractivity contribution is 0.0690. The second-order valence-electron chi connectivity index (χ2n) is 4.51. The number of carbonyl (C=O) groups excluding carboxylic acids is 1. The molecule has 0 spiro atoms. The van der Waals surface area contributed by atoms with E-state index in [1.165, 1.54) is 18.2 Å². The molecular formula is C13H18N2O3. The van der Waals surface area contributed by atoms with Gasteiger partial charge in [0.15, 0.2) is 0 Å². The molecule has 0 aromatic carbocycles. The van der Waals surface area contributed by atoms with Crippen molar-refractivity contribution in [3.8, 4) is 0 Å². The van der Waals surface area contributed by atoms with Gasteiger partial charge in [0.1, 0.15) is 11.4 Å². The van der Waals surface area contributed by atoms with Gasteiger partial charge in [0.25, 0.3) is 5.91 Å². The molecule has 0 aliphatic carbocycles. The van der Waals surface area contributed by atoms with Crippen molar-refractivity contribution in [2.45, 2.75) is 26.7 Å². The zero-order valence-electron chi connectivity index (χ0n) is 10.6. The van der Waals surface area contributed by atoms with Gasteiger partial charge in [-0.1, -0.05) is 19.9 Å². The Morgan fingerprint density at radius 3 is 2.61 bits per heavy atom. The average Bonchev–Trinajstić information content (AvgIpc) is 2.34. The van der Waals surface area contributed by atoms with Gasteiger partial charge in [-0.3, -0.25) is 4.79 Å². The van der Waals surface area contributed by atoms with Gasteiger partial charge in [-0.2, -0.15) is 0 Å². The van der Waals surface area contributed by atoms with E-state index in [4.69, 9.17) is 5.11 Å². The summed E-state index contributed by atoms with van der Waals surface area (Å²) in [6.07, 6.45) is 1.95. The maximum absolute atomic E-state index is 11.7. The van der Waals surface area contributed by atoms with Gasteiger partial charge in [0.05, 0.1) is 0 Å². The number of nitrogens with zero attached hydrogens (tertiary/aromatic N) is 1. The summed E-state index contributed by atoms with van der Waals surface area (Å²) in [5.41, 5.74) is 0.0178. The minimum atomic E-state index is -1.13. The third-order valence-electron chi connectivity index (χ3n) is 2.44. The Balaban J connectivity index is 2.51. The number of nitrogens with one attached hydrogen (secondary N) is 1. The molecule has 1 heterocycles. The lowest BCUT2D eigenvalue weighted by Crippen LogP contribution is -2.26. The first-order chi connectivity index (χ1) is 8.50. The van der Waals surface area contributed by atoms with E-state index in [1.54, 1.807) is 0 Å². The standard InChI is InChI=1S/C13H18N2O3/c1-9(2)5-4-8-14-12(16)10-6-3-7-11(15-10)13(17)18/h3,6-7,9H,4-5,8H2,1-2H3,(H,14,16)(H,17,18). The summed E-state index contributed by atoms with van der Waals surface area (Å²) in [5.74, 6) is -0.860. The molecule has 0 atom stereocenters. The fourth-order valence-corrected chi connectivity index (χ4v) is 1.48. The van der Waals surface area contributed by atoms with E-state index in [2.05, 4.69) is 24.1 Å². The topological polar surface area (TPSA) is 79.3 Å². The van der Waals surface area contributed by atoms with E-state index in [0.29, 0.717) is 12.5 Å². The Labute approximate surface area is 106 Å². The minimum absolute atomic E-state index is 0.121. The molecule has 1 amide bonds. The number of pyridine rings is 1. The molecule has 0 radical (unpaired) electrons. The highest BCUT2D eigenvalue weighted by molar-refractivity contribution is 5.94. The number of hydrogen-bond acceptors (Lipinski definition) is 3. The molecule has 0 aliphatic rings. The van der Waals surface area contributed by atoms with Crippen LogP contribution in [0.25, 0.3) is 0 Å². The highest BCUT2D eigenvalue weighted by Crippen LogP contribution is 2.03. The van der Waals surface area contributed by atoms with Crippen LogP contribution >= 0.6 is 0 Å². The molecule has 0 saturated carbocycles. The zero-order valence-corrected chi connectivity index (χ0v) is 10.6. The highest BCUT2D eigenvalue weighted by Gasteiger charge is 2.10. The second-order valence-corrected chi connectivity index (χ2v) is 4.51. The summed E-state index contributed by atoms with van der Waals surface area (Å²) in [5, 5.41) is 11.5. The summed E-state index contributed by atoms with van der Waals surface area (Å²) in [6, 6.07) is 4.38. The molecule has 98 valence electrons. The van der Waals surface area contributed by atoms with E-state index in [1.807, 2.05) is 0 Å². The van der Waals surface area contributed by atoms with Crippen LogP contribution in [0.2, 0.25) is 0 Å². The van der Waals surface area contributed by atoms with Crippen molar-refractivity contribution in [2.75, 3.05) is 6.54 Å². The summed E-state index contributed by atoms with van der Waals surface area (Å²) in [6.45, 7) is 4.83. The Hall–Kier alpha value is -1.91. The number of carbonyl (C=O) groups is 2. The van der Waals surface area contributed by atoms with Crippen molar-refractivity contribution in [3.63, 3.8) is 0 Å². The fraction of sp³-hybridized carbons (Fsp3) is 0.462. The molecule has 0 fully saturated rings. The molecule has 0 saturated heterocycles. The van der Waals surface area contributed by atoms with Crippen molar-refractivity contribution in [1.29, 1.82) is 0 Å². The smallest absolute Gasteiger partial charge is 0.354 e. The Morgan fingerprint density at radius 1 is 1.33 bits per heavy atom. The molecule has 5 nitrogen and oxygen atoms in total. The average molecular weight is 250 g/mol. The molecule has 1 aromatic heterocycles. The number of aromatic carboxylic acids is 1. The SMILES string of the molecule is CC(C)CCCNC(=O)c1cccc(C(=O)O)n1. The highest BCUT2D eigenvalue weighted by atomic mass is 16.4. The predicted molar refractivity (Wildman–Crippen MR) is 67.6 cm³/mol. The zero-order chi connectivity index (χ0) is 13.5. The van der Waals surface area contributed by atoms with E-state index in [0.717, 1.165) is 12.8 Å². The first-order valence-electron chi connectivity index (χ1n) is 5.99. The van der Waals surface area contributed by atoms with Gasteiger partial charge in [-0.15, -0.1) is 0 Å². The van der Waals surface area contributed by atoms with E-state index >= 15 is 0 Å². The Kier molecular flexibility index (Phi) is 5.30. The van der Waals surface area contributed by atoms with Crippen LogP contribution in [0.4, 0.5) is 0 Å². The first kappa shape index (κ1) is 14.2. The Bertz CT molecular complexity index is 430. The van der Waals surface area contributed by atoms with Crippen LogP contribution in [0, 0.1) is 5.92 Å². The van der Waals surface area contributed by atoms with E-state index in [-0.39, 0.29) is 17.3 Å². The van der Waals surface area contributed by atoms with Crippen molar-refractivity contribution >= 4 is 11.9 Å². The van der Waals surface area contributed by atoms with Gasteiger partial charge >= 0.3 is 5.97 Å². The lowest BCUT2D eigenvalue weighted by Gasteiger charge is -2.06. The van der Waals surface area contributed by atoms with Crippen LogP contribution in [-0.4, -0.2) is 28.5 Å². The second kappa shape index (κ2) is 6.74. The largest absolute Gasteiger partial charge is 0.477 e. The maximum atomic E-state index is 11.7. The van der Waals surface area contributed by atoms with Crippen LogP contribution in [0.3, 0.4) is 0 Å². The molecule has 1 rings (SSSR count). The Morgan fingerprint density at radius 2 is 2.00 bits per heavy atom. The minimum Gasteiger partial charge on any atom is -0.477 e. The van der Waals surface area contributed by atoms with Crippen molar-refractivity contribution in [3.05, 3.63) is 29.6 Å². The number of aromatic nitrogens is 1. The summed E-state index contributed by atoms with van der Waals surface area (Å²) in [7, 11) is 0. The predicted octanol–water partition coefficient (Wildman–Crippen LogP) is 1.95. The molecule has 0 unspecified atom stereocenters. The van der Waals surface area contributed by atoms with Crippen molar-refractivity contribution < 1.29 is 14.7 Å². The van der Waals surface area contributed by atoms with Gasteiger partial charge in [0.2, 0.25) is 0 Å². The number of carboxylic acid groups (broad SMARTS) is 1. The summed E-state index contributed by atoms with van der Waals surface area (Å²) >= 11 is 0. The molecule has 0 aliphatic heterocycles. The van der Waals surface area contributed by atoms with Gasteiger partial charge in [-0.25, -0.2) is 9.78 Å². The molecule has 0 bridgehead atoms. The molecule has 2 N–H and O–H groups in total. The number of amides is 1. The summed E-state index contributed by atoms with van der Waals surface area (Å²) < 4.78 is 0. The van der Waals surface area contributed by atoms with Crippen LogP contribution in [0.5, 0.6) is 0 Å². The molecular weight excluding hydrogens is 232 g/mol. The number of hydrogen-bond donors (Lipinski definition) is 2. The van der Waals surface area contributed by atoms with Crippen molar-refractivity contribution in [1.82, 2.24) is 10.3 Å². The van der Waals surface area contributed by atoms with Crippen LogP contribution < -0.4 is 5.32 Å². The third kappa shape index (κ3) is 4.53. The fourth-order valence-electron chi connectivity index (χ4n) is 1.48. The first-order valence-corrected chi connectivity index (χ1v) is 5.99. The number of rotatable bonds is 6. The maximum Gasteiger partial charge on any atom is 0.354 e. The van der Waals surface area contributed by atoms with Gasteiger partial charge in [0, 0.05) is 6.54 Å². The van der Waals surface area contributed by atoms with Gasteiger partial charge < -0.3 is 10.4 Å². The van der Waals surface area contributed by atoms with Crippen LogP contribution in [0.15, 0.2) is 18.2 Å².